The van der Waals surface area contributed by atoms with Gasteiger partial charge in [-0.3, -0.25) is 9.59 Å². The second kappa shape index (κ2) is 7.36. The number of carboxylic acid groups (broad SMARTS) is 1. The van der Waals surface area contributed by atoms with Gasteiger partial charge in [-0.25, -0.2) is 0 Å². The quantitative estimate of drug-likeness (QED) is 0.664. The fraction of sp³-hybridized carbons (Fsp3) is 0.846. The van der Waals surface area contributed by atoms with Gasteiger partial charge in [-0.05, 0) is 25.2 Å². The van der Waals surface area contributed by atoms with Crippen LogP contribution in [0.2, 0.25) is 0 Å². The van der Waals surface area contributed by atoms with Crippen LogP contribution >= 0.6 is 0 Å². The fourth-order valence-corrected chi connectivity index (χ4v) is 2.48. The summed E-state index contributed by atoms with van der Waals surface area (Å²) in [5.41, 5.74) is 5.70. The van der Waals surface area contributed by atoms with E-state index in [4.69, 9.17) is 10.8 Å². The topological polar surface area (TPSA) is 92.4 Å². The van der Waals surface area contributed by atoms with Crippen molar-refractivity contribution in [3.8, 4) is 0 Å². The molecule has 18 heavy (non-hydrogen) atoms. The molecule has 1 aliphatic rings. The Morgan fingerprint density at radius 1 is 1.39 bits per heavy atom. The van der Waals surface area contributed by atoms with Gasteiger partial charge in [-0.2, -0.15) is 0 Å². The number of carboxylic acids is 1. The summed E-state index contributed by atoms with van der Waals surface area (Å²) >= 11 is 0. The molecular formula is C13H24N2O3. The van der Waals surface area contributed by atoms with Crippen LogP contribution in [0.3, 0.4) is 0 Å². The first kappa shape index (κ1) is 15.0. The average molecular weight is 256 g/mol. The summed E-state index contributed by atoms with van der Waals surface area (Å²) in [6.45, 7) is 2.41. The van der Waals surface area contributed by atoms with Crippen LogP contribution in [-0.2, 0) is 9.59 Å². The number of hydrogen-bond donors (Lipinski definition) is 3. The number of carbonyl (C=O) groups excluding carboxylic acids is 1. The molecule has 1 aliphatic carbocycles. The number of amides is 1. The Hall–Kier alpha value is -1.10. The van der Waals surface area contributed by atoms with Gasteiger partial charge in [0.2, 0.25) is 5.91 Å². The van der Waals surface area contributed by atoms with Crippen molar-refractivity contribution in [2.75, 3.05) is 6.54 Å². The predicted molar refractivity (Wildman–Crippen MR) is 69.0 cm³/mol. The molecule has 3 unspecified atom stereocenters. The summed E-state index contributed by atoms with van der Waals surface area (Å²) in [6.07, 6.45) is 4.73. The van der Waals surface area contributed by atoms with Gasteiger partial charge >= 0.3 is 5.97 Å². The van der Waals surface area contributed by atoms with Gasteiger partial charge in [0, 0.05) is 19.0 Å². The second-order valence-corrected chi connectivity index (χ2v) is 5.17. The average Bonchev–Trinajstić information content (AvgIpc) is 2.36. The maximum Gasteiger partial charge on any atom is 0.306 e. The highest BCUT2D eigenvalue weighted by molar-refractivity contribution is 5.76. The summed E-state index contributed by atoms with van der Waals surface area (Å²) in [5, 5.41) is 11.9. The van der Waals surface area contributed by atoms with Crippen molar-refractivity contribution in [1.29, 1.82) is 0 Å². The summed E-state index contributed by atoms with van der Waals surface area (Å²) in [5.74, 6) is -1.05. The number of carbonyl (C=O) groups is 2. The van der Waals surface area contributed by atoms with Crippen LogP contribution in [0.4, 0.5) is 0 Å². The first-order valence-electron chi connectivity index (χ1n) is 6.79. The Labute approximate surface area is 108 Å². The molecule has 0 radical (unpaired) electrons. The van der Waals surface area contributed by atoms with Crippen LogP contribution in [0.15, 0.2) is 0 Å². The van der Waals surface area contributed by atoms with Crippen molar-refractivity contribution in [3.63, 3.8) is 0 Å². The third-order valence-corrected chi connectivity index (χ3v) is 3.76. The van der Waals surface area contributed by atoms with E-state index >= 15 is 0 Å². The van der Waals surface area contributed by atoms with Gasteiger partial charge < -0.3 is 16.2 Å². The monoisotopic (exact) mass is 256 g/mol. The van der Waals surface area contributed by atoms with Crippen molar-refractivity contribution >= 4 is 11.9 Å². The van der Waals surface area contributed by atoms with E-state index in [0.717, 1.165) is 32.1 Å². The van der Waals surface area contributed by atoms with Crippen LogP contribution in [-0.4, -0.2) is 29.6 Å². The smallest absolute Gasteiger partial charge is 0.306 e. The third-order valence-electron chi connectivity index (χ3n) is 3.76. The number of nitrogens with two attached hydrogens (primary N) is 1. The highest BCUT2D eigenvalue weighted by Gasteiger charge is 2.30. The van der Waals surface area contributed by atoms with E-state index in [0.29, 0.717) is 13.0 Å². The number of nitrogens with one attached hydrogen (secondary N) is 1. The SMILES string of the molecule is CCC(N)CC(=O)NCC1CCCCC1C(=O)O. The summed E-state index contributed by atoms with van der Waals surface area (Å²) in [7, 11) is 0. The van der Waals surface area contributed by atoms with E-state index in [1.54, 1.807) is 0 Å². The Bertz CT molecular complexity index is 294. The molecule has 1 saturated carbocycles. The van der Waals surface area contributed by atoms with Crippen molar-refractivity contribution in [2.45, 2.75) is 51.5 Å². The molecule has 0 bridgehead atoms. The summed E-state index contributed by atoms with van der Waals surface area (Å²) in [6, 6.07) is -0.105. The normalized spacial score (nSPS) is 25.4. The second-order valence-electron chi connectivity index (χ2n) is 5.17. The largest absolute Gasteiger partial charge is 0.481 e. The standard InChI is InChI=1S/C13H24N2O3/c1-2-10(14)7-12(16)15-8-9-5-3-4-6-11(9)13(17)18/h9-11H,2-8,14H2,1H3,(H,15,16)(H,17,18). The zero-order chi connectivity index (χ0) is 13.5. The lowest BCUT2D eigenvalue weighted by molar-refractivity contribution is -0.145. The third kappa shape index (κ3) is 4.64. The summed E-state index contributed by atoms with van der Waals surface area (Å²) in [4.78, 5) is 22.7. The Kier molecular flexibility index (Phi) is 6.12. The molecule has 0 spiro atoms. The first-order chi connectivity index (χ1) is 8.54. The number of aliphatic carboxylic acids is 1. The zero-order valence-electron chi connectivity index (χ0n) is 11.0. The van der Waals surface area contributed by atoms with Gasteiger partial charge in [-0.1, -0.05) is 19.8 Å². The molecule has 0 saturated heterocycles. The summed E-state index contributed by atoms with van der Waals surface area (Å²) < 4.78 is 0. The van der Waals surface area contributed by atoms with E-state index in [1.807, 2.05) is 6.92 Å². The predicted octanol–water partition coefficient (Wildman–Crippen LogP) is 1.12. The molecule has 1 rings (SSSR count). The Balaban J connectivity index is 2.36. The van der Waals surface area contributed by atoms with Crippen LogP contribution in [0.5, 0.6) is 0 Å². The minimum absolute atomic E-state index is 0.0676. The van der Waals surface area contributed by atoms with Gasteiger partial charge in [-0.15, -0.1) is 0 Å². The molecule has 0 aromatic rings. The van der Waals surface area contributed by atoms with E-state index in [9.17, 15) is 9.59 Å². The molecule has 1 fully saturated rings. The molecule has 0 aliphatic heterocycles. The van der Waals surface area contributed by atoms with Crippen LogP contribution < -0.4 is 11.1 Å². The number of rotatable bonds is 6. The number of hydrogen-bond acceptors (Lipinski definition) is 3. The molecule has 3 atom stereocenters. The van der Waals surface area contributed by atoms with Gasteiger partial charge in [0.15, 0.2) is 0 Å². The van der Waals surface area contributed by atoms with E-state index in [-0.39, 0.29) is 23.8 Å². The first-order valence-corrected chi connectivity index (χ1v) is 6.79. The van der Waals surface area contributed by atoms with E-state index < -0.39 is 5.97 Å². The van der Waals surface area contributed by atoms with E-state index in [1.165, 1.54) is 0 Å². The maximum absolute atomic E-state index is 11.6. The van der Waals surface area contributed by atoms with Crippen LogP contribution in [0.25, 0.3) is 0 Å². The van der Waals surface area contributed by atoms with Gasteiger partial charge in [0.1, 0.15) is 0 Å². The highest BCUT2D eigenvalue weighted by Crippen LogP contribution is 2.29. The molecule has 5 heteroatoms. The molecule has 5 nitrogen and oxygen atoms in total. The van der Waals surface area contributed by atoms with Crippen molar-refractivity contribution < 1.29 is 14.7 Å². The van der Waals surface area contributed by atoms with E-state index in [2.05, 4.69) is 5.32 Å². The molecule has 1 amide bonds. The fourth-order valence-electron chi connectivity index (χ4n) is 2.48. The van der Waals surface area contributed by atoms with Gasteiger partial charge in [0.25, 0.3) is 0 Å². The van der Waals surface area contributed by atoms with Crippen LogP contribution in [0.1, 0.15) is 45.4 Å². The van der Waals surface area contributed by atoms with Crippen LogP contribution in [0, 0.1) is 11.8 Å². The van der Waals surface area contributed by atoms with Crippen molar-refractivity contribution in [3.05, 3.63) is 0 Å². The lowest BCUT2D eigenvalue weighted by Gasteiger charge is -2.28. The van der Waals surface area contributed by atoms with Crippen molar-refractivity contribution in [2.24, 2.45) is 17.6 Å². The highest BCUT2D eigenvalue weighted by atomic mass is 16.4. The lowest BCUT2D eigenvalue weighted by Crippen LogP contribution is -2.39. The molecular weight excluding hydrogens is 232 g/mol. The minimum atomic E-state index is -0.737. The minimum Gasteiger partial charge on any atom is -0.481 e. The Morgan fingerprint density at radius 2 is 2.06 bits per heavy atom. The maximum atomic E-state index is 11.6. The molecule has 4 N–H and O–H groups in total. The Morgan fingerprint density at radius 3 is 2.67 bits per heavy atom. The molecule has 0 heterocycles. The van der Waals surface area contributed by atoms with Crippen molar-refractivity contribution in [1.82, 2.24) is 5.32 Å². The molecule has 0 aromatic carbocycles. The zero-order valence-corrected chi connectivity index (χ0v) is 11.0. The van der Waals surface area contributed by atoms with Gasteiger partial charge in [0.05, 0.1) is 5.92 Å². The molecule has 104 valence electrons. The lowest BCUT2D eigenvalue weighted by atomic mass is 9.79. The molecule has 0 aromatic heterocycles.